The molecule has 1 N–H and O–H groups in total. The van der Waals surface area contributed by atoms with Crippen molar-refractivity contribution in [1.82, 2.24) is 14.2 Å². The van der Waals surface area contributed by atoms with Crippen LogP contribution in [0.5, 0.6) is 11.5 Å². The van der Waals surface area contributed by atoms with Crippen LogP contribution in [-0.2, 0) is 10.0 Å². The highest BCUT2D eigenvalue weighted by Gasteiger charge is 2.31. The van der Waals surface area contributed by atoms with Crippen LogP contribution in [0, 0.1) is 11.2 Å². The summed E-state index contributed by atoms with van der Waals surface area (Å²) in [6, 6.07) is 24.5. The van der Waals surface area contributed by atoms with Crippen LogP contribution in [0.3, 0.4) is 0 Å². The van der Waals surface area contributed by atoms with Gasteiger partial charge in [-0.1, -0.05) is 18.2 Å². The number of nitrogens with zero attached hydrogens (tertiary/aromatic N) is 3. The number of benzene rings is 3. The van der Waals surface area contributed by atoms with Gasteiger partial charge in [0.25, 0.3) is 5.91 Å². The molecule has 1 amide bonds. The van der Waals surface area contributed by atoms with Gasteiger partial charge in [0.05, 0.1) is 10.6 Å². The number of carbonyl (C=O) groups is 1. The molecule has 1 saturated heterocycles. The number of aromatic nitrogens is 1. The molecule has 2 heterocycles. The van der Waals surface area contributed by atoms with Crippen molar-refractivity contribution >= 4 is 21.6 Å². The van der Waals surface area contributed by atoms with Gasteiger partial charge in [-0.2, -0.15) is 4.31 Å². The Morgan fingerprint density at radius 2 is 1.50 bits per heavy atom. The van der Waals surface area contributed by atoms with E-state index in [0.29, 0.717) is 22.8 Å². The minimum atomic E-state index is -3.74. The Labute approximate surface area is 232 Å². The van der Waals surface area contributed by atoms with E-state index in [4.69, 9.17) is 10.1 Å². The summed E-state index contributed by atoms with van der Waals surface area (Å²) >= 11 is 0. The van der Waals surface area contributed by atoms with Gasteiger partial charge in [-0.05, 0) is 85.3 Å². The molecule has 204 valence electrons. The van der Waals surface area contributed by atoms with Crippen molar-refractivity contribution in [3.05, 3.63) is 108 Å². The largest absolute Gasteiger partial charge is 0.457 e. The summed E-state index contributed by atoms with van der Waals surface area (Å²) < 4.78 is 46.6. The molecule has 0 bridgehead atoms. The zero-order valence-electron chi connectivity index (χ0n) is 21.7. The van der Waals surface area contributed by atoms with Crippen molar-refractivity contribution in [3.63, 3.8) is 0 Å². The summed E-state index contributed by atoms with van der Waals surface area (Å²) in [5.74, 6) is 0.491. The van der Waals surface area contributed by atoms with E-state index in [1.54, 1.807) is 66.4 Å². The number of ether oxygens (including phenoxy) is 1. The van der Waals surface area contributed by atoms with Crippen molar-refractivity contribution in [2.45, 2.75) is 11.8 Å². The van der Waals surface area contributed by atoms with Crippen molar-refractivity contribution in [2.24, 2.45) is 0 Å². The molecule has 5 rings (SSSR count). The Bertz CT molecular complexity index is 1650. The third-order valence-electron chi connectivity index (χ3n) is 6.60. The van der Waals surface area contributed by atoms with Crippen molar-refractivity contribution in [1.29, 1.82) is 5.41 Å². The number of hydrogen-bond acceptors (Lipinski definition) is 6. The fourth-order valence-electron chi connectivity index (χ4n) is 4.38. The molecular weight excluding hydrogens is 531 g/mol. The smallest absolute Gasteiger partial charge is 0.272 e. The van der Waals surface area contributed by atoms with Gasteiger partial charge in [-0.15, -0.1) is 0 Å². The van der Waals surface area contributed by atoms with E-state index in [1.807, 2.05) is 12.1 Å². The second-order valence-corrected chi connectivity index (χ2v) is 11.3. The highest BCUT2D eigenvalue weighted by atomic mass is 32.2. The summed E-state index contributed by atoms with van der Waals surface area (Å²) in [6.07, 6.45) is 0. The van der Waals surface area contributed by atoms with E-state index in [9.17, 15) is 17.6 Å². The number of carbonyl (C=O) groups excluding carboxylic acids is 1. The minimum absolute atomic E-state index is 0.139. The molecule has 1 aromatic heterocycles. The van der Waals surface area contributed by atoms with Crippen LogP contribution < -0.4 is 4.74 Å². The van der Waals surface area contributed by atoms with Gasteiger partial charge in [0.1, 0.15) is 23.0 Å². The Kier molecular flexibility index (Phi) is 7.72. The monoisotopic (exact) mass is 558 g/mol. The van der Waals surface area contributed by atoms with Crippen molar-refractivity contribution in [3.8, 4) is 22.8 Å². The summed E-state index contributed by atoms with van der Waals surface area (Å²) in [7, 11) is -3.74. The lowest BCUT2D eigenvalue weighted by Gasteiger charge is -2.34. The molecule has 0 aliphatic carbocycles. The summed E-state index contributed by atoms with van der Waals surface area (Å²) in [4.78, 5) is 19.5. The molecule has 0 spiro atoms. The van der Waals surface area contributed by atoms with Gasteiger partial charge in [0.15, 0.2) is 0 Å². The first kappa shape index (κ1) is 27.2. The quantitative estimate of drug-likeness (QED) is 0.314. The molecule has 10 heteroatoms. The molecule has 0 unspecified atom stereocenters. The Morgan fingerprint density at radius 1 is 0.875 bits per heavy atom. The van der Waals surface area contributed by atoms with Gasteiger partial charge in [-0.25, -0.2) is 17.8 Å². The predicted molar refractivity (Wildman–Crippen MR) is 150 cm³/mol. The predicted octanol–water partition coefficient (Wildman–Crippen LogP) is 5.21. The van der Waals surface area contributed by atoms with Gasteiger partial charge < -0.3 is 15.0 Å². The van der Waals surface area contributed by atoms with Gasteiger partial charge in [-0.3, -0.25) is 4.79 Å². The zero-order valence-corrected chi connectivity index (χ0v) is 22.6. The van der Waals surface area contributed by atoms with Gasteiger partial charge in [0, 0.05) is 37.5 Å². The number of piperazine rings is 1. The standard InChI is InChI=1S/C30H27FN4O4S/c1-21(32)23-4-2-5-27(20-23)40(37,38)35-18-16-34(17-19-35)30(36)29-7-3-6-28(33-29)22-8-12-25(13-9-22)39-26-14-10-24(31)11-15-26/h2-15,20,32H,16-19H2,1H3. The first-order chi connectivity index (χ1) is 19.2. The molecule has 1 aliphatic heterocycles. The molecule has 0 radical (unpaired) electrons. The highest BCUT2D eigenvalue weighted by Crippen LogP contribution is 2.26. The van der Waals surface area contributed by atoms with Crippen LogP contribution >= 0.6 is 0 Å². The number of pyridine rings is 1. The van der Waals surface area contributed by atoms with Crippen molar-refractivity contribution in [2.75, 3.05) is 26.2 Å². The first-order valence-electron chi connectivity index (χ1n) is 12.7. The van der Waals surface area contributed by atoms with Crippen LogP contribution in [0.15, 0.2) is 95.9 Å². The number of sulfonamides is 1. The van der Waals surface area contributed by atoms with Crippen molar-refractivity contribution < 1.29 is 22.3 Å². The fraction of sp³-hybridized carbons (Fsp3) is 0.167. The van der Waals surface area contributed by atoms with Crippen LogP contribution in [0.2, 0.25) is 0 Å². The Hall–Kier alpha value is -4.41. The number of hydrogen-bond donors (Lipinski definition) is 1. The molecule has 0 saturated carbocycles. The topological polar surface area (TPSA) is 104 Å². The first-order valence-corrected chi connectivity index (χ1v) is 14.1. The maximum Gasteiger partial charge on any atom is 0.272 e. The SMILES string of the molecule is CC(=N)c1cccc(S(=O)(=O)N2CCN(C(=O)c3cccc(-c4ccc(Oc5ccc(F)cc5)cc4)n3)CC2)c1. The average Bonchev–Trinajstić information content (AvgIpc) is 2.98. The Balaban J connectivity index is 1.24. The maximum absolute atomic E-state index is 13.2. The van der Waals surface area contributed by atoms with Gasteiger partial charge >= 0.3 is 0 Å². The third kappa shape index (κ3) is 5.93. The van der Waals surface area contributed by atoms with E-state index in [1.165, 1.54) is 28.6 Å². The van der Waals surface area contributed by atoms with Crippen LogP contribution in [0.25, 0.3) is 11.3 Å². The molecule has 1 fully saturated rings. The molecular formula is C30H27FN4O4S. The lowest BCUT2D eigenvalue weighted by molar-refractivity contribution is 0.0692. The van der Waals surface area contributed by atoms with E-state index in [-0.39, 0.29) is 54.2 Å². The Morgan fingerprint density at radius 3 is 2.15 bits per heavy atom. The molecule has 0 atom stereocenters. The maximum atomic E-state index is 13.2. The van der Waals surface area contributed by atoms with Crippen LogP contribution in [0.4, 0.5) is 4.39 Å². The lowest BCUT2D eigenvalue weighted by Crippen LogP contribution is -2.50. The number of rotatable bonds is 7. The van der Waals surface area contributed by atoms with Gasteiger partial charge in [0.2, 0.25) is 10.0 Å². The fourth-order valence-corrected chi connectivity index (χ4v) is 5.85. The number of halogens is 1. The van der Waals surface area contributed by atoms with Crippen LogP contribution in [-0.4, -0.2) is 60.4 Å². The summed E-state index contributed by atoms with van der Waals surface area (Å²) in [5.41, 5.74) is 2.52. The zero-order chi connectivity index (χ0) is 28.3. The molecule has 4 aromatic rings. The molecule has 3 aromatic carbocycles. The highest BCUT2D eigenvalue weighted by molar-refractivity contribution is 7.89. The normalized spacial score (nSPS) is 14.1. The van der Waals surface area contributed by atoms with E-state index in [2.05, 4.69) is 4.98 Å². The number of amides is 1. The second-order valence-electron chi connectivity index (χ2n) is 9.34. The molecule has 1 aliphatic rings. The number of nitrogens with one attached hydrogen (secondary N) is 1. The average molecular weight is 559 g/mol. The van der Waals surface area contributed by atoms with E-state index in [0.717, 1.165) is 5.56 Å². The van der Waals surface area contributed by atoms with E-state index < -0.39 is 10.0 Å². The second kappa shape index (κ2) is 11.4. The summed E-state index contributed by atoms with van der Waals surface area (Å²) in [6.45, 7) is 2.41. The third-order valence-corrected chi connectivity index (χ3v) is 8.49. The minimum Gasteiger partial charge on any atom is -0.457 e. The summed E-state index contributed by atoms with van der Waals surface area (Å²) in [5, 5.41) is 7.79. The molecule has 40 heavy (non-hydrogen) atoms. The molecule has 8 nitrogen and oxygen atoms in total. The van der Waals surface area contributed by atoms with Crippen LogP contribution in [0.1, 0.15) is 23.0 Å². The lowest BCUT2D eigenvalue weighted by atomic mass is 10.1. The van der Waals surface area contributed by atoms with E-state index >= 15 is 0 Å².